The normalized spacial score (nSPS) is 11.6. The standard InChI is InChI=1S/C14H19NO5/c1-10(8-18-2)15-14(17)9-20-13-5-4-12(19-3)6-11(13)7-16/h4-7,10H,8-9H2,1-3H3,(H,15,17). The predicted molar refractivity (Wildman–Crippen MR) is 73.4 cm³/mol. The van der Waals surface area contributed by atoms with E-state index in [1.807, 2.05) is 6.92 Å². The van der Waals surface area contributed by atoms with Gasteiger partial charge < -0.3 is 19.5 Å². The molecule has 0 heterocycles. The van der Waals surface area contributed by atoms with Gasteiger partial charge in [-0.05, 0) is 25.1 Å². The molecule has 0 fully saturated rings. The zero-order valence-electron chi connectivity index (χ0n) is 11.8. The lowest BCUT2D eigenvalue weighted by Gasteiger charge is -2.14. The number of nitrogens with one attached hydrogen (secondary N) is 1. The number of benzene rings is 1. The molecule has 0 saturated heterocycles. The number of methoxy groups -OCH3 is 2. The maximum atomic E-state index is 11.6. The summed E-state index contributed by atoms with van der Waals surface area (Å²) in [6.07, 6.45) is 0.656. The second-order valence-corrected chi connectivity index (χ2v) is 4.23. The van der Waals surface area contributed by atoms with E-state index in [0.29, 0.717) is 30.0 Å². The molecular formula is C14H19NO5. The summed E-state index contributed by atoms with van der Waals surface area (Å²) >= 11 is 0. The summed E-state index contributed by atoms with van der Waals surface area (Å²) in [4.78, 5) is 22.6. The van der Waals surface area contributed by atoms with Crippen molar-refractivity contribution in [3.63, 3.8) is 0 Å². The summed E-state index contributed by atoms with van der Waals surface area (Å²) in [6, 6.07) is 4.70. The van der Waals surface area contributed by atoms with Crippen LogP contribution in [0.1, 0.15) is 17.3 Å². The van der Waals surface area contributed by atoms with Crippen LogP contribution in [0.15, 0.2) is 18.2 Å². The molecule has 0 aliphatic heterocycles. The lowest BCUT2D eigenvalue weighted by atomic mass is 10.2. The zero-order chi connectivity index (χ0) is 15.0. The topological polar surface area (TPSA) is 73.9 Å². The molecule has 6 heteroatoms. The Labute approximate surface area is 118 Å². The number of hydrogen-bond donors (Lipinski definition) is 1. The van der Waals surface area contributed by atoms with Crippen LogP contribution >= 0.6 is 0 Å². The minimum atomic E-state index is -0.276. The Morgan fingerprint density at radius 3 is 2.75 bits per heavy atom. The van der Waals surface area contributed by atoms with Crippen LogP contribution in [0, 0.1) is 0 Å². The molecule has 1 amide bonds. The van der Waals surface area contributed by atoms with E-state index in [1.165, 1.54) is 7.11 Å². The molecule has 0 aliphatic carbocycles. The van der Waals surface area contributed by atoms with Gasteiger partial charge in [0.2, 0.25) is 0 Å². The lowest BCUT2D eigenvalue weighted by Crippen LogP contribution is -2.38. The van der Waals surface area contributed by atoms with Gasteiger partial charge in [0, 0.05) is 13.2 Å². The van der Waals surface area contributed by atoms with Gasteiger partial charge in [-0.15, -0.1) is 0 Å². The minimum absolute atomic E-state index is 0.0995. The van der Waals surface area contributed by atoms with Crippen molar-refractivity contribution in [3.05, 3.63) is 23.8 Å². The number of carbonyl (C=O) groups excluding carboxylic acids is 2. The molecule has 1 aromatic carbocycles. The fourth-order valence-electron chi connectivity index (χ4n) is 1.63. The number of hydrogen-bond acceptors (Lipinski definition) is 5. The lowest BCUT2D eigenvalue weighted by molar-refractivity contribution is -0.124. The van der Waals surface area contributed by atoms with Crippen molar-refractivity contribution in [2.45, 2.75) is 13.0 Å². The van der Waals surface area contributed by atoms with E-state index in [1.54, 1.807) is 25.3 Å². The van der Waals surface area contributed by atoms with Gasteiger partial charge in [0.25, 0.3) is 5.91 Å². The second-order valence-electron chi connectivity index (χ2n) is 4.23. The van der Waals surface area contributed by atoms with E-state index >= 15 is 0 Å². The summed E-state index contributed by atoms with van der Waals surface area (Å²) in [5.74, 6) is 0.621. The third kappa shape index (κ3) is 4.89. The summed E-state index contributed by atoms with van der Waals surface area (Å²) in [7, 11) is 3.07. The average Bonchev–Trinajstić information content (AvgIpc) is 2.45. The molecule has 1 aromatic rings. The minimum Gasteiger partial charge on any atom is -0.497 e. The van der Waals surface area contributed by atoms with E-state index in [0.717, 1.165) is 0 Å². The molecule has 0 aromatic heterocycles. The van der Waals surface area contributed by atoms with Crippen molar-refractivity contribution < 1.29 is 23.8 Å². The van der Waals surface area contributed by atoms with Crippen LogP contribution in [0.25, 0.3) is 0 Å². The second kappa shape index (κ2) is 8.16. The summed E-state index contributed by atoms with van der Waals surface area (Å²) < 4.78 is 15.3. The first-order valence-electron chi connectivity index (χ1n) is 6.15. The maximum absolute atomic E-state index is 11.6. The van der Waals surface area contributed by atoms with Gasteiger partial charge in [0.15, 0.2) is 12.9 Å². The van der Waals surface area contributed by atoms with E-state index < -0.39 is 0 Å². The molecule has 0 aliphatic rings. The largest absolute Gasteiger partial charge is 0.497 e. The molecule has 1 rings (SSSR count). The first kappa shape index (κ1) is 16.0. The summed E-state index contributed by atoms with van der Waals surface area (Å²) in [5.41, 5.74) is 0.335. The van der Waals surface area contributed by atoms with Gasteiger partial charge in [-0.3, -0.25) is 9.59 Å². The van der Waals surface area contributed by atoms with Crippen LogP contribution in [0.2, 0.25) is 0 Å². The van der Waals surface area contributed by atoms with Gasteiger partial charge >= 0.3 is 0 Å². The van der Waals surface area contributed by atoms with Crippen molar-refractivity contribution in [2.24, 2.45) is 0 Å². The Kier molecular flexibility index (Phi) is 6.52. The fourth-order valence-corrected chi connectivity index (χ4v) is 1.63. The van der Waals surface area contributed by atoms with Crippen molar-refractivity contribution in [1.29, 1.82) is 0 Å². The van der Waals surface area contributed by atoms with Crippen LogP contribution in [-0.2, 0) is 9.53 Å². The Morgan fingerprint density at radius 2 is 2.15 bits per heavy atom. The third-order valence-electron chi connectivity index (χ3n) is 2.53. The van der Waals surface area contributed by atoms with Gasteiger partial charge in [0.1, 0.15) is 11.5 Å². The number of ether oxygens (including phenoxy) is 3. The number of aldehydes is 1. The molecule has 0 saturated carbocycles. The van der Waals surface area contributed by atoms with Crippen molar-refractivity contribution >= 4 is 12.2 Å². The van der Waals surface area contributed by atoms with Gasteiger partial charge in [-0.1, -0.05) is 0 Å². The van der Waals surface area contributed by atoms with E-state index in [-0.39, 0.29) is 18.6 Å². The van der Waals surface area contributed by atoms with Crippen molar-refractivity contribution in [2.75, 3.05) is 27.4 Å². The Hall–Kier alpha value is -2.08. The summed E-state index contributed by atoms with van der Waals surface area (Å²) in [6.45, 7) is 2.08. The molecule has 1 atom stereocenters. The van der Waals surface area contributed by atoms with Gasteiger partial charge in [0.05, 0.1) is 19.3 Å². The number of amides is 1. The van der Waals surface area contributed by atoms with E-state index in [4.69, 9.17) is 14.2 Å². The Bertz CT molecular complexity index is 461. The average molecular weight is 281 g/mol. The molecule has 0 bridgehead atoms. The SMILES string of the molecule is COCC(C)NC(=O)COc1ccc(OC)cc1C=O. The molecule has 1 N–H and O–H groups in total. The molecule has 20 heavy (non-hydrogen) atoms. The highest BCUT2D eigenvalue weighted by Crippen LogP contribution is 2.22. The number of carbonyl (C=O) groups is 2. The Balaban J connectivity index is 2.56. The van der Waals surface area contributed by atoms with E-state index in [2.05, 4.69) is 5.32 Å². The highest BCUT2D eigenvalue weighted by molar-refractivity contribution is 5.81. The van der Waals surface area contributed by atoms with E-state index in [9.17, 15) is 9.59 Å². The summed E-state index contributed by atoms with van der Waals surface area (Å²) in [5, 5.41) is 2.71. The van der Waals surface area contributed by atoms with Crippen LogP contribution in [0.3, 0.4) is 0 Å². The highest BCUT2D eigenvalue weighted by atomic mass is 16.5. The predicted octanol–water partition coefficient (Wildman–Crippen LogP) is 1.04. The van der Waals surface area contributed by atoms with Crippen molar-refractivity contribution in [3.8, 4) is 11.5 Å². The first-order chi connectivity index (χ1) is 9.60. The third-order valence-corrected chi connectivity index (χ3v) is 2.53. The molecule has 0 radical (unpaired) electrons. The van der Waals surface area contributed by atoms with Crippen LogP contribution in [0.5, 0.6) is 11.5 Å². The number of rotatable bonds is 8. The highest BCUT2D eigenvalue weighted by Gasteiger charge is 2.10. The van der Waals surface area contributed by atoms with Gasteiger partial charge in [-0.25, -0.2) is 0 Å². The van der Waals surface area contributed by atoms with Crippen LogP contribution in [-0.4, -0.2) is 45.7 Å². The molecule has 0 spiro atoms. The first-order valence-corrected chi connectivity index (χ1v) is 6.15. The zero-order valence-corrected chi connectivity index (χ0v) is 11.8. The fraction of sp³-hybridized carbons (Fsp3) is 0.429. The van der Waals surface area contributed by atoms with Crippen molar-refractivity contribution in [1.82, 2.24) is 5.32 Å². The molecular weight excluding hydrogens is 262 g/mol. The quantitative estimate of drug-likeness (QED) is 0.721. The molecule has 6 nitrogen and oxygen atoms in total. The van der Waals surface area contributed by atoms with Gasteiger partial charge in [-0.2, -0.15) is 0 Å². The molecule has 1 unspecified atom stereocenters. The smallest absolute Gasteiger partial charge is 0.258 e. The van der Waals surface area contributed by atoms with Crippen LogP contribution in [0.4, 0.5) is 0 Å². The monoisotopic (exact) mass is 281 g/mol. The molecule has 110 valence electrons. The van der Waals surface area contributed by atoms with Crippen LogP contribution < -0.4 is 14.8 Å². The Morgan fingerprint density at radius 1 is 1.40 bits per heavy atom. The maximum Gasteiger partial charge on any atom is 0.258 e.